The predicted octanol–water partition coefficient (Wildman–Crippen LogP) is 4.30. The molecule has 3 rings (SSSR count). The first kappa shape index (κ1) is 20.0. The third-order valence-electron chi connectivity index (χ3n) is 4.62. The maximum absolute atomic E-state index is 12.0. The van der Waals surface area contributed by atoms with Crippen molar-refractivity contribution >= 4 is 35.2 Å². The van der Waals surface area contributed by atoms with Crippen molar-refractivity contribution in [2.24, 2.45) is 0 Å². The van der Waals surface area contributed by atoms with Crippen LogP contribution < -0.4 is 10.1 Å². The number of carbonyl (C=O) groups is 2. The summed E-state index contributed by atoms with van der Waals surface area (Å²) in [6.45, 7) is 3.71. The fourth-order valence-corrected chi connectivity index (χ4v) is 3.34. The molecule has 1 aliphatic rings. The molecule has 0 atom stereocenters. The number of esters is 1. The number of hydrogen-bond donors (Lipinski definition) is 1. The highest BCUT2D eigenvalue weighted by atomic mass is 35.5. The van der Waals surface area contributed by atoms with E-state index in [1.807, 2.05) is 6.92 Å². The van der Waals surface area contributed by atoms with Crippen molar-refractivity contribution in [3.8, 4) is 5.75 Å². The van der Waals surface area contributed by atoms with Crippen LogP contribution >= 0.6 is 11.6 Å². The molecule has 0 saturated heterocycles. The Kier molecular flexibility index (Phi) is 6.09. The van der Waals surface area contributed by atoms with Gasteiger partial charge in [-0.25, -0.2) is 4.79 Å². The predicted molar refractivity (Wildman–Crippen MR) is 109 cm³/mol. The van der Waals surface area contributed by atoms with Crippen LogP contribution in [0.5, 0.6) is 5.75 Å². The molecule has 1 aliphatic carbocycles. The van der Waals surface area contributed by atoms with E-state index in [9.17, 15) is 9.59 Å². The molecule has 1 saturated carbocycles. The maximum Gasteiger partial charge on any atom is 0.331 e. The number of anilines is 1. The van der Waals surface area contributed by atoms with E-state index in [-0.39, 0.29) is 0 Å². The minimum atomic E-state index is -0.579. The number of ether oxygens (including phenoxy) is 2. The van der Waals surface area contributed by atoms with Crippen molar-refractivity contribution in [1.29, 1.82) is 0 Å². The molecular weight excluding hydrogens is 380 g/mol. The lowest BCUT2D eigenvalue weighted by molar-refractivity contribution is -0.142. The number of aromatic nitrogens is 1. The van der Waals surface area contributed by atoms with E-state index in [0.717, 1.165) is 11.3 Å². The van der Waals surface area contributed by atoms with Crippen LogP contribution in [0.15, 0.2) is 30.3 Å². The van der Waals surface area contributed by atoms with Gasteiger partial charge in [0.1, 0.15) is 5.75 Å². The Hall–Kier alpha value is -2.73. The number of methoxy groups -OCH3 is 1. The highest BCUT2D eigenvalue weighted by molar-refractivity contribution is 6.31. The first-order valence-corrected chi connectivity index (χ1v) is 9.43. The van der Waals surface area contributed by atoms with Crippen molar-refractivity contribution in [1.82, 2.24) is 4.57 Å². The fraction of sp³-hybridized carbons (Fsp3) is 0.333. The molecule has 0 aliphatic heterocycles. The average Bonchev–Trinajstić information content (AvgIpc) is 3.44. The van der Waals surface area contributed by atoms with Gasteiger partial charge in [0.25, 0.3) is 5.91 Å². The van der Waals surface area contributed by atoms with Gasteiger partial charge >= 0.3 is 5.97 Å². The first-order chi connectivity index (χ1) is 13.4. The van der Waals surface area contributed by atoms with Gasteiger partial charge in [-0.15, -0.1) is 0 Å². The number of nitrogens with one attached hydrogen (secondary N) is 1. The SMILES string of the molecule is COc1ccc(Cl)cc1NC(=O)COC(=O)/C=C/c1cc(C)n(C2CC2)c1C. The molecule has 0 unspecified atom stereocenters. The van der Waals surface area contributed by atoms with Gasteiger partial charge in [-0.05, 0) is 62.6 Å². The number of aryl methyl sites for hydroxylation is 1. The summed E-state index contributed by atoms with van der Waals surface area (Å²) in [5, 5.41) is 3.08. The Bertz CT molecular complexity index is 929. The van der Waals surface area contributed by atoms with Crippen LogP contribution in [0.2, 0.25) is 5.02 Å². The minimum Gasteiger partial charge on any atom is -0.495 e. The lowest BCUT2D eigenvalue weighted by Crippen LogP contribution is -2.20. The number of hydrogen-bond acceptors (Lipinski definition) is 4. The Morgan fingerprint density at radius 2 is 2.04 bits per heavy atom. The molecule has 6 nitrogen and oxygen atoms in total. The molecule has 0 radical (unpaired) electrons. The largest absolute Gasteiger partial charge is 0.495 e. The second kappa shape index (κ2) is 8.52. The number of benzene rings is 1. The number of carbonyl (C=O) groups excluding carboxylic acids is 2. The van der Waals surface area contributed by atoms with Crippen LogP contribution in [0, 0.1) is 13.8 Å². The Morgan fingerprint density at radius 3 is 2.71 bits per heavy atom. The Morgan fingerprint density at radius 1 is 1.29 bits per heavy atom. The van der Waals surface area contributed by atoms with Crippen LogP contribution in [0.1, 0.15) is 35.8 Å². The fourth-order valence-electron chi connectivity index (χ4n) is 3.17. The van der Waals surface area contributed by atoms with E-state index in [0.29, 0.717) is 22.5 Å². The molecule has 0 spiro atoms. The van der Waals surface area contributed by atoms with Crippen LogP contribution in [0.3, 0.4) is 0 Å². The van der Waals surface area contributed by atoms with Gasteiger partial charge in [0.05, 0.1) is 12.8 Å². The molecule has 28 heavy (non-hydrogen) atoms. The number of nitrogens with zero attached hydrogens (tertiary/aromatic N) is 1. The maximum atomic E-state index is 12.0. The van der Waals surface area contributed by atoms with Gasteiger partial charge in [-0.3, -0.25) is 4.79 Å². The molecule has 1 N–H and O–H groups in total. The highest BCUT2D eigenvalue weighted by Crippen LogP contribution is 2.38. The molecular formula is C21H23ClN2O4. The quantitative estimate of drug-likeness (QED) is 0.553. The average molecular weight is 403 g/mol. The summed E-state index contributed by atoms with van der Waals surface area (Å²) in [7, 11) is 1.49. The number of amides is 1. The zero-order valence-corrected chi connectivity index (χ0v) is 16.9. The Labute approximate surface area is 169 Å². The third-order valence-corrected chi connectivity index (χ3v) is 4.85. The van der Waals surface area contributed by atoms with Crippen molar-refractivity contribution in [2.45, 2.75) is 32.7 Å². The number of halogens is 1. The molecule has 148 valence electrons. The standard InChI is InChI=1S/C21H23ClN2O4/c1-13-10-15(14(2)24(13)17-6-7-17)4-9-21(26)28-12-20(25)23-18-11-16(22)5-8-19(18)27-3/h4-5,8-11,17H,6-7,12H2,1-3H3,(H,23,25)/b9-4+. The molecule has 1 fully saturated rings. The van der Waals surface area contributed by atoms with Gasteiger partial charge in [0, 0.05) is 28.5 Å². The zero-order chi connectivity index (χ0) is 20.3. The van der Waals surface area contributed by atoms with Crippen LogP contribution in [-0.4, -0.2) is 30.2 Å². The summed E-state index contributed by atoms with van der Waals surface area (Å²) >= 11 is 5.93. The van der Waals surface area contributed by atoms with Crippen molar-refractivity contribution in [2.75, 3.05) is 19.0 Å². The topological polar surface area (TPSA) is 69.6 Å². The second-order valence-corrected chi connectivity index (χ2v) is 7.20. The lowest BCUT2D eigenvalue weighted by Gasteiger charge is -2.10. The molecule has 1 aromatic carbocycles. The monoisotopic (exact) mass is 402 g/mol. The summed E-state index contributed by atoms with van der Waals surface area (Å²) in [4.78, 5) is 24.0. The Balaban J connectivity index is 1.54. The third kappa shape index (κ3) is 4.75. The second-order valence-electron chi connectivity index (χ2n) is 6.76. The van der Waals surface area contributed by atoms with E-state index in [1.165, 1.54) is 31.7 Å². The van der Waals surface area contributed by atoms with Crippen LogP contribution in [-0.2, 0) is 14.3 Å². The summed E-state index contributed by atoms with van der Waals surface area (Å²) in [6.07, 6.45) is 5.47. The van der Waals surface area contributed by atoms with E-state index in [4.69, 9.17) is 21.1 Å². The summed E-state index contributed by atoms with van der Waals surface area (Å²) < 4.78 is 12.5. The first-order valence-electron chi connectivity index (χ1n) is 9.05. The lowest BCUT2D eigenvalue weighted by atomic mass is 10.2. The molecule has 1 amide bonds. The number of rotatable bonds is 7. The normalized spacial score (nSPS) is 13.6. The van der Waals surface area contributed by atoms with E-state index in [1.54, 1.807) is 24.3 Å². The summed E-state index contributed by atoms with van der Waals surface area (Å²) in [6, 6.07) is 7.50. The van der Waals surface area contributed by atoms with Gasteiger partial charge < -0.3 is 19.4 Å². The van der Waals surface area contributed by atoms with Crippen molar-refractivity contribution in [3.05, 3.63) is 52.3 Å². The zero-order valence-electron chi connectivity index (χ0n) is 16.1. The van der Waals surface area contributed by atoms with Gasteiger partial charge in [0.15, 0.2) is 6.61 Å². The van der Waals surface area contributed by atoms with Crippen LogP contribution in [0.4, 0.5) is 5.69 Å². The van der Waals surface area contributed by atoms with Crippen LogP contribution in [0.25, 0.3) is 6.08 Å². The molecule has 2 aromatic rings. The summed E-state index contributed by atoms with van der Waals surface area (Å²) in [5.74, 6) is -0.589. The van der Waals surface area contributed by atoms with E-state index >= 15 is 0 Å². The highest BCUT2D eigenvalue weighted by Gasteiger charge is 2.26. The van der Waals surface area contributed by atoms with E-state index < -0.39 is 18.5 Å². The smallest absolute Gasteiger partial charge is 0.331 e. The van der Waals surface area contributed by atoms with Crippen molar-refractivity contribution < 1.29 is 19.1 Å². The van der Waals surface area contributed by atoms with Gasteiger partial charge in [-0.2, -0.15) is 0 Å². The van der Waals surface area contributed by atoms with E-state index in [2.05, 4.69) is 22.9 Å². The van der Waals surface area contributed by atoms with Crippen molar-refractivity contribution in [3.63, 3.8) is 0 Å². The molecule has 7 heteroatoms. The molecule has 1 aromatic heterocycles. The van der Waals surface area contributed by atoms with Gasteiger partial charge in [0.2, 0.25) is 0 Å². The summed E-state index contributed by atoms with van der Waals surface area (Å²) in [5.41, 5.74) is 3.71. The minimum absolute atomic E-state index is 0.403. The van der Waals surface area contributed by atoms with Gasteiger partial charge in [-0.1, -0.05) is 11.6 Å². The molecule has 1 heterocycles. The molecule has 0 bridgehead atoms.